The van der Waals surface area contributed by atoms with Crippen molar-refractivity contribution >= 4 is 17.5 Å². The summed E-state index contributed by atoms with van der Waals surface area (Å²) >= 11 is 0. The Kier molecular flexibility index (Phi) is 5.67. The van der Waals surface area contributed by atoms with Gasteiger partial charge in [-0.25, -0.2) is 0 Å². The van der Waals surface area contributed by atoms with Gasteiger partial charge >= 0.3 is 12.1 Å². The van der Waals surface area contributed by atoms with Crippen molar-refractivity contribution in [1.82, 2.24) is 19.7 Å². The number of nitro benzene ring substituents is 1. The van der Waals surface area contributed by atoms with Crippen LogP contribution >= 0.6 is 0 Å². The van der Waals surface area contributed by atoms with Crippen LogP contribution in [0, 0.1) is 20.2 Å². The average molecular weight is 388 g/mol. The normalized spacial score (nSPS) is 11.2. The quantitative estimate of drug-likeness (QED) is 0.520. The summed E-state index contributed by atoms with van der Waals surface area (Å²) < 4.78 is 39.2. The molecule has 0 saturated heterocycles. The number of halogens is 3. The summed E-state index contributed by atoms with van der Waals surface area (Å²) in [5.74, 6) is -1.91. The molecule has 0 bridgehead atoms. The number of carbonyl (C=O) groups is 1. The zero-order valence-corrected chi connectivity index (χ0v) is 13.4. The van der Waals surface area contributed by atoms with Crippen LogP contribution in [0.15, 0.2) is 30.6 Å². The Labute approximate surface area is 148 Å². The van der Waals surface area contributed by atoms with Crippen molar-refractivity contribution in [2.45, 2.75) is 19.3 Å². The molecular formula is C13H11F3N6O5. The molecule has 0 unspecified atom stereocenters. The predicted molar refractivity (Wildman–Crippen MR) is 81.2 cm³/mol. The third-order valence-electron chi connectivity index (χ3n) is 3.26. The fourth-order valence-corrected chi connectivity index (χ4v) is 2.16. The lowest BCUT2D eigenvalue weighted by Gasteiger charge is -2.23. The number of nitrogens with zero attached hydrogens (tertiary/aromatic N) is 6. The van der Waals surface area contributed by atoms with Gasteiger partial charge in [-0.15, -0.1) is 0 Å². The smallest absolute Gasteiger partial charge is 0.390 e. The van der Waals surface area contributed by atoms with Gasteiger partial charge in [0.2, 0.25) is 12.2 Å². The number of benzene rings is 1. The second kappa shape index (κ2) is 7.76. The fourth-order valence-electron chi connectivity index (χ4n) is 2.16. The number of aromatic nitrogens is 3. The number of rotatable bonds is 7. The molecule has 0 aliphatic heterocycles. The summed E-state index contributed by atoms with van der Waals surface area (Å²) in [4.78, 5) is 35.7. The van der Waals surface area contributed by atoms with Gasteiger partial charge in [0.05, 0.1) is 11.5 Å². The number of hydrogen-bond donors (Lipinski definition) is 0. The van der Waals surface area contributed by atoms with E-state index in [-0.39, 0.29) is 5.56 Å². The van der Waals surface area contributed by atoms with E-state index in [9.17, 15) is 38.2 Å². The number of amides is 1. The number of alkyl halides is 3. The third kappa shape index (κ3) is 5.45. The van der Waals surface area contributed by atoms with Gasteiger partial charge in [0.15, 0.2) is 0 Å². The maximum Gasteiger partial charge on any atom is 0.490 e. The molecule has 0 saturated carbocycles. The highest BCUT2D eigenvalue weighted by molar-refractivity contribution is 5.76. The van der Waals surface area contributed by atoms with E-state index in [1.165, 1.54) is 18.2 Å². The van der Waals surface area contributed by atoms with Gasteiger partial charge in [-0.05, 0) is 4.92 Å². The number of carbonyl (C=O) groups excluding carboxylic acids is 1. The highest BCUT2D eigenvalue weighted by Crippen LogP contribution is 2.23. The molecular weight excluding hydrogens is 377 g/mol. The Morgan fingerprint density at radius 1 is 1.19 bits per heavy atom. The van der Waals surface area contributed by atoms with Crippen LogP contribution in [0.5, 0.6) is 0 Å². The number of para-hydroxylation sites is 1. The first-order valence-electron chi connectivity index (χ1n) is 7.17. The largest absolute Gasteiger partial charge is 0.490 e. The molecule has 1 aromatic carbocycles. The van der Waals surface area contributed by atoms with Gasteiger partial charge in [0.1, 0.15) is 13.1 Å². The zero-order chi connectivity index (χ0) is 20.2. The van der Waals surface area contributed by atoms with E-state index in [1.54, 1.807) is 0 Å². The Bertz CT molecular complexity index is 868. The molecule has 27 heavy (non-hydrogen) atoms. The van der Waals surface area contributed by atoms with E-state index >= 15 is 0 Å². The zero-order valence-electron chi connectivity index (χ0n) is 13.4. The summed E-state index contributed by atoms with van der Waals surface area (Å²) in [6.45, 7) is -3.08. The Morgan fingerprint density at radius 3 is 2.41 bits per heavy atom. The highest BCUT2D eigenvalue weighted by atomic mass is 19.4. The van der Waals surface area contributed by atoms with Gasteiger partial charge in [-0.1, -0.05) is 23.2 Å². The maximum absolute atomic E-state index is 12.8. The lowest BCUT2D eigenvalue weighted by Crippen LogP contribution is -2.40. The second-order valence-corrected chi connectivity index (χ2v) is 5.25. The molecule has 14 heteroatoms. The van der Waals surface area contributed by atoms with Gasteiger partial charge in [0.25, 0.3) is 5.69 Å². The van der Waals surface area contributed by atoms with Gasteiger partial charge < -0.3 is 15.0 Å². The summed E-state index contributed by atoms with van der Waals surface area (Å²) in [5.41, 5.74) is -0.529. The third-order valence-corrected chi connectivity index (χ3v) is 3.26. The van der Waals surface area contributed by atoms with Crippen LogP contribution in [0.2, 0.25) is 0 Å². The molecule has 11 nitrogen and oxygen atoms in total. The van der Waals surface area contributed by atoms with E-state index in [0.29, 0.717) is 9.58 Å². The van der Waals surface area contributed by atoms with Crippen molar-refractivity contribution in [2.24, 2.45) is 0 Å². The van der Waals surface area contributed by atoms with Crippen LogP contribution in [-0.2, 0) is 17.9 Å². The molecule has 0 spiro atoms. The standard InChI is InChI=1S/C13H11F3N6O5/c14-13(15,16)7-19(5-9-3-1-2-4-10(9)21(24)25)11(23)6-20-8-17-12(18-20)22(26)27/h1-4,8H,5-7H2. The molecule has 0 fully saturated rings. The molecule has 144 valence electrons. The van der Waals surface area contributed by atoms with E-state index in [1.807, 2.05) is 0 Å². The van der Waals surface area contributed by atoms with Crippen LogP contribution < -0.4 is 0 Å². The monoisotopic (exact) mass is 388 g/mol. The molecule has 2 aromatic rings. The first kappa shape index (κ1) is 19.7. The van der Waals surface area contributed by atoms with E-state index < -0.39 is 53.2 Å². The Hall–Kier alpha value is -3.58. The van der Waals surface area contributed by atoms with E-state index in [4.69, 9.17) is 0 Å². The van der Waals surface area contributed by atoms with Crippen LogP contribution in [0.3, 0.4) is 0 Å². The maximum atomic E-state index is 12.8. The van der Waals surface area contributed by atoms with Crippen molar-refractivity contribution in [1.29, 1.82) is 0 Å². The Morgan fingerprint density at radius 2 is 1.85 bits per heavy atom. The summed E-state index contributed by atoms with van der Waals surface area (Å²) in [5, 5.41) is 24.9. The molecule has 1 amide bonds. The van der Waals surface area contributed by atoms with Crippen LogP contribution in [0.4, 0.5) is 24.8 Å². The summed E-state index contributed by atoms with van der Waals surface area (Å²) in [6, 6.07) is 5.06. The molecule has 2 rings (SSSR count). The highest BCUT2D eigenvalue weighted by Gasteiger charge is 2.34. The first-order valence-corrected chi connectivity index (χ1v) is 7.17. The summed E-state index contributed by atoms with van der Waals surface area (Å²) in [6.07, 6.45) is -3.93. The Balaban J connectivity index is 2.24. The van der Waals surface area contributed by atoms with Crippen molar-refractivity contribution in [2.75, 3.05) is 6.54 Å². The molecule has 0 aliphatic carbocycles. The number of hydrogen-bond acceptors (Lipinski definition) is 7. The lowest BCUT2D eigenvalue weighted by atomic mass is 10.1. The van der Waals surface area contributed by atoms with Crippen molar-refractivity contribution in [3.05, 3.63) is 56.4 Å². The van der Waals surface area contributed by atoms with Gasteiger partial charge in [-0.3, -0.25) is 14.9 Å². The minimum atomic E-state index is -4.76. The minimum Gasteiger partial charge on any atom is -0.390 e. The topological polar surface area (TPSA) is 137 Å². The van der Waals surface area contributed by atoms with E-state index in [0.717, 1.165) is 12.4 Å². The average Bonchev–Trinajstić information content (AvgIpc) is 3.02. The fraction of sp³-hybridized carbons (Fsp3) is 0.308. The SMILES string of the molecule is O=C(Cn1cnc([N+](=O)[O-])n1)N(Cc1ccccc1[N+](=O)[O-])CC(F)(F)F. The summed E-state index contributed by atoms with van der Waals surface area (Å²) in [7, 11) is 0. The van der Waals surface area contributed by atoms with Crippen LogP contribution in [0.25, 0.3) is 0 Å². The predicted octanol–water partition coefficient (Wildman–Crippen LogP) is 1.69. The van der Waals surface area contributed by atoms with E-state index in [2.05, 4.69) is 10.1 Å². The molecule has 0 aliphatic rings. The molecule has 0 N–H and O–H groups in total. The van der Waals surface area contributed by atoms with Crippen LogP contribution in [0.1, 0.15) is 5.56 Å². The second-order valence-electron chi connectivity index (χ2n) is 5.25. The van der Waals surface area contributed by atoms with Crippen molar-refractivity contribution < 1.29 is 27.8 Å². The van der Waals surface area contributed by atoms with Gasteiger partial charge in [0, 0.05) is 16.7 Å². The molecule has 1 heterocycles. The molecule has 0 atom stereocenters. The molecule has 1 aromatic heterocycles. The van der Waals surface area contributed by atoms with Crippen LogP contribution in [-0.4, -0.2) is 48.1 Å². The van der Waals surface area contributed by atoms with Crippen molar-refractivity contribution in [3.63, 3.8) is 0 Å². The first-order chi connectivity index (χ1) is 12.6. The minimum absolute atomic E-state index is 0.0929. The molecule has 0 radical (unpaired) electrons. The van der Waals surface area contributed by atoms with Gasteiger partial charge in [-0.2, -0.15) is 17.9 Å². The lowest BCUT2D eigenvalue weighted by molar-refractivity contribution is -0.394. The van der Waals surface area contributed by atoms with Crippen molar-refractivity contribution in [3.8, 4) is 0 Å². The number of nitro groups is 2.